The summed E-state index contributed by atoms with van der Waals surface area (Å²) in [5.41, 5.74) is 0.0759. The molecule has 1 aliphatic heterocycles. The number of hydrogen-bond donors (Lipinski definition) is 1. The number of aromatic nitrogens is 2. The lowest BCUT2D eigenvalue weighted by Gasteiger charge is -2.28. The monoisotopic (exact) mass is 372 g/mol. The summed E-state index contributed by atoms with van der Waals surface area (Å²) in [7, 11) is 2.88. The topological polar surface area (TPSA) is 64.5 Å². The van der Waals surface area contributed by atoms with Crippen LogP contribution in [0.3, 0.4) is 0 Å². The molecular formula is C16H15F3N2O3S. The van der Waals surface area contributed by atoms with Gasteiger partial charge in [-0.15, -0.1) is 11.8 Å². The van der Waals surface area contributed by atoms with Crippen LogP contribution in [0.15, 0.2) is 29.3 Å². The van der Waals surface area contributed by atoms with Gasteiger partial charge in [-0.05, 0) is 30.2 Å². The lowest BCUT2D eigenvalue weighted by atomic mass is 10.00. The van der Waals surface area contributed by atoms with Gasteiger partial charge in [-0.1, -0.05) is 0 Å². The number of halogens is 3. The van der Waals surface area contributed by atoms with Crippen molar-refractivity contribution < 1.29 is 27.8 Å². The Hall–Kier alpha value is -2.00. The van der Waals surface area contributed by atoms with Gasteiger partial charge in [0, 0.05) is 4.90 Å². The number of benzene rings is 1. The number of thioether (sulfide) groups is 1. The second-order valence-electron chi connectivity index (χ2n) is 5.42. The Balaban J connectivity index is 1.92. The molecule has 2 atom stereocenters. The van der Waals surface area contributed by atoms with Gasteiger partial charge >= 0.3 is 6.18 Å². The Bertz CT molecular complexity index is 786. The van der Waals surface area contributed by atoms with Gasteiger partial charge < -0.3 is 14.6 Å². The van der Waals surface area contributed by atoms with Gasteiger partial charge in [-0.3, -0.25) is 0 Å². The number of aliphatic hydroxyl groups is 1. The van der Waals surface area contributed by atoms with E-state index in [1.807, 2.05) is 0 Å². The van der Waals surface area contributed by atoms with E-state index in [1.165, 1.54) is 38.2 Å². The molecule has 0 aliphatic carbocycles. The fraction of sp³-hybridized carbons (Fsp3) is 0.375. The first-order valence-corrected chi connectivity index (χ1v) is 8.22. The molecule has 0 saturated heterocycles. The fourth-order valence-corrected chi connectivity index (χ4v) is 3.90. The van der Waals surface area contributed by atoms with E-state index in [4.69, 9.17) is 9.47 Å². The van der Waals surface area contributed by atoms with E-state index in [0.717, 1.165) is 12.1 Å². The molecule has 1 N–H and O–H groups in total. The summed E-state index contributed by atoms with van der Waals surface area (Å²) in [6.07, 6.45) is -3.71. The Morgan fingerprint density at radius 2 is 1.92 bits per heavy atom. The summed E-state index contributed by atoms with van der Waals surface area (Å²) in [5.74, 6) is 0.455. The second-order valence-corrected chi connectivity index (χ2v) is 6.67. The Morgan fingerprint density at radius 3 is 2.56 bits per heavy atom. The third kappa shape index (κ3) is 3.52. The highest BCUT2D eigenvalue weighted by atomic mass is 32.2. The molecule has 25 heavy (non-hydrogen) atoms. The molecule has 0 bridgehead atoms. The first-order valence-electron chi connectivity index (χ1n) is 7.34. The number of nitrogens with zero attached hydrogens (tertiary/aromatic N) is 2. The molecule has 1 aliphatic rings. The van der Waals surface area contributed by atoms with Crippen LogP contribution < -0.4 is 9.47 Å². The van der Waals surface area contributed by atoms with E-state index >= 15 is 0 Å². The standard InChI is InChI=1S/C16H15F3N2O3S/c1-23-14-15(24-2)21-10(7-20-14)13-6-11(22)9-5-8(16(17,18)19)3-4-12(9)25-13/h3-5,7,11,13,22H,6H2,1-2H3. The number of rotatable bonds is 3. The van der Waals surface area contributed by atoms with Crippen LogP contribution in [0.2, 0.25) is 0 Å². The van der Waals surface area contributed by atoms with E-state index in [9.17, 15) is 18.3 Å². The first-order chi connectivity index (χ1) is 11.8. The molecule has 0 amide bonds. The molecule has 5 nitrogen and oxygen atoms in total. The summed E-state index contributed by atoms with van der Waals surface area (Å²) in [5, 5.41) is 10.1. The Labute approximate surface area is 146 Å². The highest BCUT2D eigenvalue weighted by Crippen LogP contribution is 2.49. The van der Waals surface area contributed by atoms with E-state index < -0.39 is 17.8 Å². The number of methoxy groups -OCH3 is 2. The average molecular weight is 372 g/mol. The molecule has 134 valence electrons. The lowest BCUT2D eigenvalue weighted by Crippen LogP contribution is -2.14. The number of fused-ring (bicyclic) bond motifs is 1. The third-order valence-corrected chi connectivity index (χ3v) is 5.19. The molecule has 2 aromatic rings. The Morgan fingerprint density at radius 1 is 1.20 bits per heavy atom. The van der Waals surface area contributed by atoms with Crippen LogP contribution in [-0.4, -0.2) is 29.3 Å². The average Bonchev–Trinajstić information content (AvgIpc) is 2.59. The van der Waals surface area contributed by atoms with Crippen LogP contribution in [0.5, 0.6) is 11.8 Å². The van der Waals surface area contributed by atoms with Gasteiger partial charge in [0.1, 0.15) is 0 Å². The third-order valence-electron chi connectivity index (χ3n) is 3.85. The second kappa shape index (κ2) is 6.72. The zero-order valence-electron chi connectivity index (χ0n) is 13.4. The quantitative estimate of drug-likeness (QED) is 0.885. The van der Waals surface area contributed by atoms with Crippen molar-refractivity contribution in [2.24, 2.45) is 0 Å². The van der Waals surface area contributed by atoms with Crippen molar-refractivity contribution in [1.29, 1.82) is 0 Å². The van der Waals surface area contributed by atoms with Gasteiger partial charge in [0.15, 0.2) is 0 Å². The molecule has 1 aromatic heterocycles. The first kappa shape index (κ1) is 17.8. The van der Waals surface area contributed by atoms with Gasteiger partial charge in [-0.2, -0.15) is 13.2 Å². The predicted octanol–water partition coefficient (Wildman–Crippen LogP) is 3.78. The van der Waals surface area contributed by atoms with Crippen LogP contribution in [0, 0.1) is 0 Å². The SMILES string of the molecule is COc1ncc(C2CC(O)c3cc(C(F)(F)F)ccc3S2)nc1OC. The summed E-state index contributed by atoms with van der Waals surface area (Å²) >= 11 is 1.34. The zero-order chi connectivity index (χ0) is 18.2. The maximum Gasteiger partial charge on any atom is 0.416 e. The molecule has 2 heterocycles. The smallest absolute Gasteiger partial charge is 0.416 e. The van der Waals surface area contributed by atoms with Gasteiger partial charge in [0.05, 0.1) is 43.0 Å². The maximum absolute atomic E-state index is 12.8. The number of ether oxygens (including phenoxy) is 2. The minimum atomic E-state index is -4.44. The molecule has 0 saturated carbocycles. The van der Waals surface area contributed by atoms with Gasteiger partial charge in [0.25, 0.3) is 11.8 Å². The molecule has 1 aromatic carbocycles. The summed E-state index contributed by atoms with van der Waals surface area (Å²) in [4.78, 5) is 9.04. The van der Waals surface area contributed by atoms with Crippen LogP contribution in [0.1, 0.15) is 34.6 Å². The van der Waals surface area contributed by atoms with E-state index in [-0.39, 0.29) is 29.0 Å². The highest BCUT2D eigenvalue weighted by molar-refractivity contribution is 7.99. The fourth-order valence-electron chi connectivity index (χ4n) is 2.61. The van der Waals surface area contributed by atoms with Gasteiger partial charge in [-0.25, -0.2) is 9.97 Å². The van der Waals surface area contributed by atoms with Crippen molar-refractivity contribution in [2.45, 2.75) is 28.8 Å². The summed E-state index contributed by atoms with van der Waals surface area (Å²) in [6.45, 7) is 0. The molecule has 3 rings (SSSR count). The number of hydrogen-bond acceptors (Lipinski definition) is 6. The zero-order valence-corrected chi connectivity index (χ0v) is 14.2. The van der Waals surface area contributed by atoms with Crippen molar-refractivity contribution in [2.75, 3.05) is 14.2 Å². The van der Waals surface area contributed by atoms with E-state index in [1.54, 1.807) is 0 Å². The highest BCUT2D eigenvalue weighted by Gasteiger charge is 2.34. The molecule has 2 unspecified atom stereocenters. The molecular weight excluding hydrogens is 357 g/mol. The van der Waals surface area contributed by atoms with E-state index in [0.29, 0.717) is 10.6 Å². The van der Waals surface area contributed by atoms with Crippen molar-refractivity contribution in [1.82, 2.24) is 9.97 Å². The van der Waals surface area contributed by atoms with Crippen molar-refractivity contribution in [3.05, 3.63) is 41.2 Å². The van der Waals surface area contributed by atoms with Crippen LogP contribution in [-0.2, 0) is 6.18 Å². The van der Waals surface area contributed by atoms with Crippen molar-refractivity contribution in [3.8, 4) is 11.8 Å². The normalized spacial score (nSPS) is 20.1. The summed E-state index contributed by atoms with van der Waals surface area (Å²) < 4.78 is 48.7. The van der Waals surface area contributed by atoms with E-state index in [2.05, 4.69) is 9.97 Å². The minimum absolute atomic E-state index is 0.216. The lowest BCUT2D eigenvalue weighted by molar-refractivity contribution is -0.137. The largest absolute Gasteiger partial charge is 0.477 e. The summed E-state index contributed by atoms with van der Waals surface area (Å²) in [6, 6.07) is 3.40. The molecule has 0 radical (unpaired) electrons. The van der Waals surface area contributed by atoms with Crippen LogP contribution in [0.4, 0.5) is 13.2 Å². The number of aliphatic hydroxyl groups excluding tert-OH is 1. The number of alkyl halides is 3. The minimum Gasteiger partial charge on any atom is -0.477 e. The van der Waals surface area contributed by atoms with Gasteiger partial charge in [0.2, 0.25) is 0 Å². The molecule has 0 spiro atoms. The van der Waals surface area contributed by atoms with Crippen molar-refractivity contribution >= 4 is 11.8 Å². The van der Waals surface area contributed by atoms with Crippen molar-refractivity contribution in [3.63, 3.8) is 0 Å². The molecule has 9 heteroatoms. The maximum atomic E-state index is 12.8. The van der Waals surface area contributed by atoms with Crippen LogP contribution >= 0.6 is 11.8 Å². The molecule has 0 fully saturated rings. The predicted molar refractivity (Wildman–Crippen MR) is 84.8 cm³/mol. The Kier molecular flexibility index (Phi) is 4.79. The van der Waals surface area contributed by atoms with Crippen LogP contribution in [0.25, 0.3) is 0 Å².